The maximum absolute atomic E-state index is 10.9. The number of unbranched alkanes of at least 4 members (excludes halogenated alkanes) is 4. The molecule has 1 fully saturated rings. The van der Waals surface area contributed by atoms with E-state index in [1.807, 2.05) is 0 Å². The lowest BCUT2D eigenvalue weighted by atomic mass is 9.96. The normalized spacial score (nSPS) is 26.0. The molecule has 1 atom stereocenters. The Morgan fingerprint density at radius 2 is 2.07 bits per heavy atom. The molecule has 3 heteroatoms. The molecule has 3 nitrogen and oxygen atoms in total. The van der Waals surface area contributed by atoms with Crippen LogP contribution in [0.4, 0.5) is 4.79 Å². The Kier molecular flexibility index (Phi) is 4.23. The van der Waals surface area contributed by atoms with Gasteiger partial charge in [0.15, 0.2) is 0 Å². The first-order valence-corrected chi connectivity index (χ1v) is 5.61. The van der Waals surface area contributed by atoms with Crippen LogP contribution in [0.2, 0.25) is 0 Å². The predicted molar refractivity (Wildman–Crippen MR) is 56.3 cm³/mol. The molecule has 1 unspecified atom stereocenters. The van der Waals surface area contributed by atoms with Crippen LogP contribution in [0.15, 0.2) is 0 Å². The summed E-state index contributed by atoms with van der Waals surface area (Å²) in [5, 5.41) is 2.86. The highest BCUT2D eigenvalue weighted by Gasteiger charge is 2.33. The van der Waals surface area contributed by atoms with E-state index < -0.39 is 0 Å². The van der Waals surface area contributed by atoms with Gasteiger partial charge in [-0.1, -0.05) is 39.0 Å². The van der Waals surface area contributed by atoms with Crippen LogP contribution < -0.4 is 5.32 Å². The van der Waals surface area contributed by atoms with E-state index in [2.05, 4.69) is 19.2 Å². The van der Waals surface area contributed by atoms with Crippen molar-refractivity contribution in [3.8, 4) is 0 Å². The first-order chi connectivity index (χ1) is 6.66. The summed E-state index contributed by atoms with van der Waals surface area (Å²) in [6, 6.07) is 0. The van der Waals surface area contributed by atoms with E-state index in [-0.39, 0.29) is 11.6 Å². The van der Waals surface area contributed by atoms with Gasteiger partial charge in [-0.05, 0) is 13.3 Å². The van der Waals surface area contributed by atoms with Gasteiger partial charge in [-0.15, -0.1) is 0 Å². The molecule has 1 rings (SSSR count). The molecule has 0 bridgehead atoms. The maximum Gasteiger partial charge on any atom is 0.407 e. The molecule has 0 aliphatic carbocycles. The SMILES string of the molecule is CCCCCCCC1(C)COC(=O)N1. The number of amides is 1. The number of rotatable bonds is 6. The van der Waals surface area contributed by atoms with Crippen LogP contribution in [0.3, 0.4) is 0 Å². The number of carbonyl (C=O) groups is 1. The van der Waals surface area contributed by atoms with Crippen LogP contribution in [-0.4, -0.2) is 18.2 Å². The van der Waals surface area contributed by atoms with Crippen molar-refractivity contribution in [2.75, 3.05) is 6.61 Å². The summed E-state index contributed by atoms with van der Waals surface area (Å²) in [5.74, 6) is 0. The second kappa shape index (κ2) is 5.23. The molecule has 1 aliphatic rings. The molecular weight excluding hydrogens is 178 g/mol. The molecule has 0 radical (unpaired) electrons. The van der Waals surface area contributed by atoms with E-state index >= 15 is 0 Å². The van der Waals surface area contributed by atoms with Crippen molar-refractivity contribution in [3.63, 3.8) is 0 Å². The number of carbonyl (C=O) groups excluding carboxylic acids is 1. The standard InChI is InChI=1S/C11H21NO2/c1-3-4-5-6-7-8-11(2)9-14-10(13)12-11/h3-9H2,1-2H3,(H,12,13). The molecule has 0 spiro atoms. The number of alkyl carbamates (subject to hydrolysis) is 1. The summed E-state index contributed by atoms with van der Waals surface area (Å²) >= 11 is 0. The van der Waals surface area contributed by atoms with Gasteiger partial charge in [0.25, 0.3) is 0 Å². The molecule has 0 aromatic carbocycles. The minimum absolute atomic E-state index is 0.108. The van der Waals surface area contributed by atoms with Crippen LogP contribution in [-0.2, 0) is 4.74 Å². The zero-order chi connectivity index (χ0) is 10.4. The second-order valence-corrected chi connectivity index (χ2v) is 4.43. The minimum atomic E-state index is -0.263. The zero-order valence-electron chi connectivity index (χ0n) is 9.27. The van der Waals surface area contributed by atoms with Gasteiger partial charge in [-0.2, -0.15) is 0 Å². The number of cyclic esters (lactones) is 1. The lowest BCUT2D eigenvalue weighted by molar-refractivity contribution is 0.172. The fraction of sp³-hybridized carbons (Fsp3) is 0.909. The Hall–Kier alpha value is -0.730. The monoisotopic (exact) mass is 199 g/mol. The Labute approximate surface area is 86.2 Å². The Morgan fingerprint density at radius 1 is 1.36 bits per heavy atom. The summed E-state index contributed by atoms with van der Waals surface area (Å²) in [5.41, 5.74) is -0.108. The number of hydrogen-bond acceptors (Lipinski definition) is 2. The molecule has 1 saturated heterocycles. The van der Waals surface area contributed by atoms with Crippen molar-refractivity contribution >= 4 is 6.09 Å². The van der Waals surface area contributed by atoms with Crippen LogP contribution in [0.25, 0.3) is 0 Å². The third kappa shape index (κ3) is 3.56. The number of nitrogens with one attached hydrogen (secondary N) is 1. The van der Waals surface area contributed by atoms with E-state index in [0.29, 0.717) is 6.61 Å². The van der Waals surface area contributed by atoms with E-state index in [9.17, 15) is 4.79 Å². The van der Waals surface area contributed by atoms with Crippen LogP contribution in [0.1, 0.15) is 52.4 Å². The Morgan fingerprint density at radius 3 is 2.64 bits per heavy atom. The summed E-state index contributed by atoms with van der Waals surface area (Å²) in [7, 11) is 0. The fourth-order valence-corrected chi connectivity index (χ4v) is 1.80. The van der Waals surface area contributed by atoms with Crippen molar-refractivity contribution in [2.45, 2.75) is 57.9 Å². The van der Waals surface area contributed by atoms with E-state index in [1.165, 1.54) is 32.1 Å². The third-order valence-corrected chi connectivity index (χ3v) is 2.76. The summed E-state index contributed by atoms with van der Waals surface area (Å²) < 4.78 is 4.90. The molecule has 0 aromatic heterocycles. The third-order valence-electron chi connectivity index (χ3n) is 2.76. The highest BCUT2D eigenvalue weighted by atomic mass is 16.6. The average molecular weight is 199 g/mol. The smallest absolute Gasteiger partial charge is 0.407 e. The average Bonchev–Trinajstić information content (AvgIpc) is 2.47. The van der Waals surface area contributed by atoms with Crippen LogP contribution >= 0.6 is 0 Å². The predicted octanol–water partition coefficient (Wildman–Crippen LogP) is 2.85. The summed E-state index contributed by atoms with van der Waals surface area (Å²) in [6.07, 6.45) is 7.11. The molecule has 1 heterocycles. The first-order valence-electron chi connectivity index (χ1n) is 5.61. The Balaban J connectivity index is 2.08. The quantitative estimate of drug-likeness (QED) is 0.668. The van der Waals surface area contributed by atoms with Crippen molar-refractivity contribution in [1.29, 1.82) is 0 Å². The number of hydrogen-bond donors (Lipinski definition) is 1. The Bertz CT molecular complexity index is 194. The van der Waals surface area contributed by atoms with Gasteiger partial charge >= 0.3 is 6.09 Å². The van der Waals surface area contributed by atoms with E-state index in [1.54, 1.807) is 0 Å². The highest BCUT2D eigenvalue weighted by Crippen LogP contribution is 2.20. The number of ether oxygens (including phenoxy) is 1. The fourth-order valence-electron chi connectivity index (χ4n) is 1.80. The van der Waals surface area contributed by atoms with E-state index in [0.717, 1.165) is 6.42 Å². The molecule has 0 saturated carbocycles. The molecule has 14 heavy (non-hydrogen) atoms. The lowest BCUT2D eigenvalue weighted by Crippen LogP contribution is -2.39. The van der Waals surface area contributed by atoms with Crippen molar-refractivity contribution in [2.24, 2.45) is 0 Å². The molecule has 82 valence electrons. The molecule has 1 N–H and O–H groups in total. The van der Waals surface area contributed by atoms with Crippen LogP contribution in [0, 0.1) is 0 Å². The lowest BCUT2D eigenvalue weighted by Gasteiger charge is -2.20. The van der Waals surface area contributed by atoms with Gasteiger partial charge in [0.1, 0.15) is 6.61 Å². The zero-order valence-corrected chi connectivity index (χ0v) is 9.27. The summed E-state index contributed by atoms with van der Waals surface area (Å²) in [4.78, 5) is 10.9. The first kappa shape index (κ1) is 11.3. The molecule has 1 amide bonds. The van der Waals surface area contributed by atoms with Crippen LogP contribution in [0.5, 0.6) is 0 Å². The molecule has 0 aromatic rings. The largest absolute Gasteiger partial charge is 0.447 e. The van der Waals surface area contributed by atoms with Crippen molar-refractivity contribution in [1.82, 2.24) is 5.32 Å². The second-order valence-electron chi connectivity index (χ2n) is 4.43. The van der Waals surface area contributed by atoms with Crippen molar-refractivity contribution < 1.29 is 9.53 Å². The minimum Gasteiger partial charge on any atom is -0.447 e. The van der Waals surface area contributed by atoms with Gasteiger partial charge in [0, 0.05) is 0 Å². The van der Waals surface area contributed by atoms with Gasteiger partial charge < -0.3 is 10.1 Å². The van der Waals surface area contributed by atoms with Gasteiger partial charge in [-0.25, -0.2) is 4.79 Å². The topological polar surface area (TPSA) is 38.3 Å². The van der Waals surface area contributed by atoms with Crippen molar-refractivity contribution in [3.05, 3.63) is 0 Å². The maximum atomic E-state index is 10.9. The van der Waals surface area contributed by atoms with Gasteiger partial charge in [0.2, 0.25) is 0 Å². The highest BCUT2D eigenvalue weighted by molar-refractivity contribution is 5.70. The van der Waals surface area contributed by atoms with E-state index in [4.69, 9.17) is 4.74 Å². The summed E-state index contributed by atoms with van der Waals surface area (Å²) in [6.45, 7) is 4.80. The molecular formula is C11H21NO2. The van der Waals surface area contributed by atoms with Gasteiger partial charge in [-0.3, -0.25) is 0 Å². The molecule has 1 aliphatic heterocycles. The van der Waals surface area contributed by atoms with Gasteiger partial charge in [0.05, 0.1) is 5.54 Å².